The number of ether oxygens (including phenoxy) is 1. The molecule has 0 aliphatic rings. The molecule has 0 unspecified atom stereocenters. The van der Waals surface area contributed by atoms with E-state index in [1.54, 1.807) is 51.8 Å². The molecule has 2 heterocycles. The van der Waals surface area contributed by atoms with Crippen molar-refractivity contribution in [1.82, 2.24) is 9.88 Å². The van der Waals surface area contributed by atoms with Crippen LogP contribution in [0.1, 0.15) is 29.2 Å². The fourth-order valence-corrected chi connectivity index (χ4v) is 5.30. The Hall–Kier alpha value is -2.97. The molecule has 0 radical (unpaired) electrons. The lowest BCUT2D eigenvalue weighted by atomic mass is 10.1. The van der Waals surface area contributed by atoms with Crippen LogP contribution in [0.3, 0.4) is 0 Å². The standard InChI is InChI=1S/C23H23N3O3S2/c1-4-26(5-2)23(28)15-7-6-8-16(11-15)25-20(27)13-29-18-12-19-21(24-14(3)31-19)22-17(18)9-10-30-22/h6-12H,4-5,13H2,1-3H3,(H,25,27). The van der Waals surface area contributed by atoms with E-state index in [0.717, 1.165) is 25.3 Å². The van der Waals surface area contributed by atoms with Gasteiger partial charge in [-0.15, -0.1) is 22.7 Å². The maximum absolute atomic E-state index is 12.5. The summed E-state index contributed by atoms with van der Waals surface area (Å²) < 4.78 is 7.99. The van der Waals surface area contributed by atoms with Gasteiger partial charge in [0.05, 0.1) is 19.9 Å². The third-order valence-electron chi connectivity index (χ3n) is 4.97. The Morgan fingerprint density at radius 1 is 1.16 bits per heavy atom. The van der Waals surface area contributed by atoms with E-state index in [1.807, 2.05) is 38.3 Å². The fourth-order valence-electron chi connectivity index (χ4n) is 3.47. The van der Waals surface area contributed by atoms with Crippen LogP contribution in [-0.4, -0.2) is 41.4 Å². The molecule has 0 bridgehead atoms. The lowest BCUT2D eigenvalue weighted by molar-refractivity contribution is -0.118. The maximum Gasteiger partial charge on any atom is 0.262 e. The second-order valence-corrected chi connectivity index (χ2v) is 9.16. The molecule has 0 aliphatic heterocycles. The topological polar surface area (TPSA) is 71.5 Å². The summed E-state index contributed by atoms with van der Waals surface area (Å²) in [5, 5.41) is 6.79. The highest BCUT2D eigenvalue weighted by Crippen LogP contribution is 2.38. The highest BCUT2D eigenvalue weighted by Gasteiger charge is 2.15. The Bertz CT molecular complexity index is 1260. The minimum absolute atomic E-state index is 0.0506. The van der Waals surface area contributed by atoms with E-state index in [1.165, 1.54) is 0 Å². The second-order valence-electron chi connectivity index (χ2n) is 7.01. The monoisotopic (exact) mass is 453 g/mol. The molecule has 1 N–H and O–H groups in total. The number of carbonyl (C=O) groups excluding carboxylic acids is 2. The molecule has 0 aliphatic carbocycles. The van der Waals surface area contributed by atoms with Crippen LogP contribution in [0.15, 0.2) is 41.8 Å². The van der Waals surface area contributed by atoms with Crippen molar-refractivity contribution in [2.24, 2.45) is 0 Å². The number of nitrogens with one attached hydrogen (secondary N) is 1. The van der Waals surface area contributed by atoms with E-state index < -0.39 is 0 Å². The Labute approximate surface area is 188 Å². The molecule has 2 aromatic carbocycles. The number of amides is 2. The van der Waals surface area contributed by atoms with Crippen LogP contribution >= 0.6 is 22.7 Å². The van der Waals surface area contributed by atoms with Crippen molar-refractivity contribution in [3.05, 3.63) is 52.3 Å². The highest BCUT2D eigenvalue weighted by atomic mass is 32.1. The van der Waals surface area contributed by atoms with Gasteiger partial charge in [-0.05, 0) is 50.4 Å². The first kappa shape index (κ1) is 21.3. The van der Waals surface area contributed by atoms with Gasteiger partial charge in [0, 0.05) is 35.8 Å². The van der Waals surface area contributed by atoms with Gasteiger partial charge in [0.2, 0.25) is 0 Å². The van der Waals surface area contributed by atoms with Crippen molar-refractivity contribution in [2.45, 2.75) is 20.8 Å². The quantitative estimate of drug-likeness (QED) is 0.411. The van der Waals surface area contributed by atoms with Crippen LogP contribution < -0.4 is 10.1 Å². The SMILES string of the molecule is CCN(CC)C(=O)c1cccc(NC(=O)COc2cc3sc(C)nc3c3sccc23)c1. The zero-order chi connectivity index (χ0) is 22.0. The minimum atomic E-state index is -0.281. The molecule has 4 rings (SSSR count). The van der Waals surface area contributed by atoms with Gasteiger partial charge in [0.15, 0.2) is 6.61 Å². The molecule has 160 valence electrons. The molecular weight excluding hydrogens is 430 g/mol. The average Bonchev–Trinajstić information content (AvgIpc) is 3.39. The number of rotatable bonds is 7. The summed E-state index contributed by atoms with van der Waals surface area (Å²) in [6.07, 6.45) is 0. The maximum atomic E-state index is 12.5. The van der Waals surface area contributed by atoms with Crippen LogP contribution in [0, 0.1) is 6.92 Å². The summed E-state index contributed by atoms with van der Waals surface area (Å²) in [6.45, 7) is 7.03. The van der Waals surface area contributed by atoms with Gasteiger partial charge >= 0.3 is 0 Å². The number of carbonyl (C=O) groups is 2. The molecule has 6 nitrogen and oxygen atoms in total. The zero-order valence-electron chi connectivity index (χ0n) is 17.6. The van der Waals surface area contributed by atoms with Gasteiger partial charge in [-0.2, -0.15) is 0 Å². The predicted octanol–water partition coefficient (Wildman–Crippen LogP) is 5.32. The third kappa shape index (κ3) is 4.40. The molecular formula is C23H23N3O3S2. The number of nitrogens with zero attached hydrogens (tertiary/aromatic N) is 2. The number of hydrogen-bond acceptors (Lipinski definition) is 6. The Morgan fingerprint density at radius 3 is 2.74 bits per heavy atom. The van der Waals surface area contributed by atoms with Crippen LogP contribution in [0.2, 0.25) is 0 Å². The smallest absolute Gasteiger partial charge is 0.262 e. The van der Waals surface area contributed by atoms with Crippen LogP contribution in [0.4, 0.5) is 5.69 Å². The Kier molecular flexibility index (Phi) is 6.20. The van der Waals surface area contributed by atoms with Crippen LogP contribution in [0.25, 0.3) is 20.3 Å². The molecule has 31 heavy (non-hydrogen) atoms. The van der Waals surface area contributed by atoms with Gasteiger partial charge < -0.3 is 15.0 Å². The number of fused-ring (bicyclic) bond motifs is 3. The number of hydrogen-bond donors (Lipinski definition) is 1. The first-order valence-corrected chi connectivity index (χ1v) is 11.8. The molecule has 0 fully saturated rings. The van der Waals surface area contributed by atoms with Crippen molar-refractivity contribution in [1.29, 1.82) is 0 Å². The first-order valence-electron chi connectivity index (χ1n) is 10.1. The largest absolute Gasteiger partial charge is 0.483 e. The lowest BCUT2D eigenvalue weighted by Crippen LogP contribution is -2.30. The number of anilines is 1. The Morgan fingerprint density at radius 2 is 1.97 bits per heavy atom. The summed E-state index contributed by atoms with van der Waals surface area (Å²) in [4.78, 5) is 31.4. The van der Waals surface area contributed by atoms with Gasteiger partial charge in [-0.3, -0.25) is 9.59 Å². The second kappa shape index (κ2) is 9.03. The Balaban J connectivity index is 1.47. The molecule has 2 amide bonds. The number of aromatic nitrogens is 1. The van der Waals surface area contributed by atoms with Crippen molar-refractivity contribution in [2.75, 3.05) is 25.0 Å². The predicted molar refractivity (Wildman–Crippen MR) is 128 cm³/mol. The van der Waals surface area contributed by atoms with E-state index in [4.69, 9.17) is 4.74 Å². The summed E-state index contributed by atoms with van der Waals surface area (Å²) in [7, 11) is 0. The van der Waals surface area contributed by atoms with Crippen LogP contribution in [0.5, 0.6) is 5.75 Å². The number of thiazole rings is 1. The van der Waals surface area contributed by atoms with E-state index in [9.17, 15) is 9.59 Å². The molecule has 0 atom stereocenters. The molecule has 2 aromatic heterocycles. The first-order chi connectivity index (χ1) is 15.0. The van der Waals surface area contributed by atoms with Crippen molar-refractivity contribution in [3.63, 3.8) is 0 Å². The lowest BCUT2D eigenvalue weighted by Gasteiger charge is -2.19. The molecule has 0 saturated carbocycles. The average molecular weight is 454 g/mol. The van der Waals surface area contributed by atoms with Gasteiger partial charge in [0.25, 0.3) is 11.8 Å². The number of benzene rings is 2. The van der Waals surface area contributed by atoms with Crippen molar-refractivity contribution < 1.29 is 14.3 Å². The van der Waals surface area contributed by atoms with E-state index >= 15 is 0 Å². The minimum Gasteiger partial charge on any atom is -0.483 e. The fraction of sp³-hybridized carbons (Fsp3) is 0.261. The van der Waals surface area contributed by atoms with Gasteiger partial charge in [-0.1, -0.05) is 6.07 Å². The molecule has 0 spiro atoms. The summed E-state index contributed by atoms with van der Waals surface area (Å²) in [5.74, 6) is 0.342. The molecule has 4 aromatic rings. The summed E-state index contributed by atoms with van der Waals surface area (Å²) in [5.41, 5.74) is 2.10. The van der Waals surface area contributed by atoms with Gasteiger partial charge in [0.1, 0.15) is 5.75 Å². The van der Waals surface area contributed by atoms with Crippen molar-refractivity contribution in [3.8, 4) is 5.75 Å². The van der Waals surface area contributed by atoms with E-state index in [-0.39, 0.29) is 18.4 Å². The van der Waals surface area contributed by atoms with E-state index in [2.05, 4.69) is 10.3 Å². The summed E-state index contributed by atoms with van der Waals surface area (Å²) in [6, 6.07) is 10.9. The summed E-state index contributed by atoms with van der Waals surface area (Å²) >= 11 is 3.23. The molecule has 8 heteroatoms. The number of aryl methyl sites for hydroxylation is 1. The third-order valence-corrected chi connectivity index (χ3v) is 6.81. The number of thiophene rings is 1. The van der Waals surface area contributed by atoms with Crippen LogP contribution in [-0.2, 0) is 4.79 Å². The zero-order valence-corrected chi connectivity index (χ0v) is 19.2. The van der Waals surface area contributed by atoms with Gasteiger partial charge in [-0.25, -0.2) is 4.98 Å². The normalized spacial score (nSPS) is 11.1. The highest BCUT2D eigenvalue weighted by molar-refractivity contribution is 7.21. The van der Waals surface area contributed by atoms with E-state index in [0.29, 0.717) is 30.1 Å². The molecule has 0 saturated heterocycles. The van der Waals surface area contributed by atoms with Crippen molar-refractivity contribution >= 4 is 60.5 Å².